The van der Waals surface area contributed by atoms with Gasteiger partial charge in [0.25, 0.3) is 0 Å². The molecule has 2 amide bonds. The third-order valence-electron chi connectivity index (χ3n) is 3.51. The van der Waals surface area contributed by atoms with Crippen molar-refractivity contribution in [3.63, 3.8) is 0 Å². The fourth-order valence-electron chi connectivity index (χ4n) is 2.24. The van der Waals surface area contributed by atoms with Crippen molar-refractivity contribution < 1.29 is 9.53 Å². The normalized spacial score (nSPS) is 16.1. The van der Waals surface area contributed by atoms with Crippen LogP contribution >= 0.6 is 11.6 Å². The predicted molar refractivity (Wildman–Crippen MR) is 80.7 cm³/mol. The highest BCUT2D eigenvalue weighted by Crippen LogP contribution is 2.27. The second kappa shape index (κ2) is 6.81. The Morgan fingerprint density at radius 2 is 2.05 bits per heavy atom. The van der Waals surface area contributed by atoms with Crippen LogP contribution in [-0.4, -0.2) is 55.7 Å². The minimum atomic E-state index is -0.110. The van der Waals surface area contributed by atoms with Crippen molar-refractivity contribution in [2.24, 2.45) is 0 Å². The van der Waals surface area contributed by atoms with E-state index >= 15 is 0 Å². The average molecular weight is 298 g/mol. The summed E-state index contributed by atoms with van der Waals surface area (Å²) in [6.07, 6.45) is 0. The molecule has 2 rings (SSSR count). The van der Waals surface area contributed by atoms with Gasteiger partial charge in [0.1, 0.15) is 5.75 Å². The highest BCUT2D eigenvalue weighted by molar-refractivity contribution is 6.31. The molecule has 0 spiro atoms. The van der Waals surface area contributed by atoms with Gasteiger partial charge < -0.3 is 19.9 Å². The van der Waals surface area contributed by atoms with Crippen LogP contribution in [-0.2, 0) is 0 Å². The largest absolute Gasteiger partial charge is 0.495 e. The molecule has 0 aromatic heterocycles. The molecule has 0 saturated carbocycles. The highest BCUT2D eigenvalue weighted by Gasteiger charge is 2.20. The molecule has 1 aliphatic rings. The maximum atomic E-state index is 12.2. The zero-order chi connectivity index (χ0) is 14.5. The second-order valence-electron chi connectivity index (χ2n) is 4.70. The van der Waals surface area contributed by atoms with Crippen molar-refractivity contribution >= 4 is 23.3 Å². The summed E-state index contributed by atoms with van der Waals surface area (Å²) < 4.78 is 5.22. The standard InChI is InChI=1S/C14H20ClN3O2/c1-3-17-6-8-18(9-7-17)14(19)16-12-10-11(15)4-5-13(12)20-2/h4-5,10H,3,6-9H2,1-2H3,(H,16,19). The number of amides is 2. The predicted octanol–water partition coefficient (Wildman–Crippen LogP) is 2.52. The first kappa shape index (κ1) is 14.9. The SMILES string of the molecule is CCN1CCN(C(=O)Nc2cc(Cl)ccc2OC)CC1. The lowest BCUT2D eigenvalue weighted by molar-refractivity contribution is 0.151. The molecule has 0 aliphatic carbocycles. The van der Waals surface area contributed by atoms with Crippen LogP contribution in [0.3, 0.4) is 0 Å². The molecule has 1 saturated heterocycles. The molecule has 1 N–H and O–H groups in total. The number of urea groups is 1. The molecular weight excluding hydrogens is 278 g/mol. The Hall–Kier alpha value is -1.46. The van der Waals surface area contributed by atoms with Crippen LogP contribution in [0.25, 0.3) is 0 Å². The molecule has 1 fully saturated rings. The number of rotatable bonds is 3. The lowest BCUT2D eigenvalue weighted by atomic mass is 10.3. The van der Waals surface area contributed by atoms with Crippen LogP contribution in [0, 0.1) is 0 Å². The van der Waals surface area contributed by atoms with Crippen molar-refractivity contribution in [1.82, 2.24) is 9.80 Å². The Labute approximate surface area is 124 Å². The Balaban J connectivity index is 1.99. The number of carbonyl (C=O) groups is 1. The van der Waals surface area contributed by atoms with E-state index in [0.29, 0.717) is 16.5 Å². The number of anilines is 1. The number of likely N-dealkylation sites (N-methyl/N-ethyl adjacent to an activating group) is 1. The van der Waals surface area contributed by atoms with Crippen LogP contribution in [0.4, 0.5) is 10.5 Å². The summed E-state index contributed by atoms with van der Waals surface area (Å²) in [6, 6.07) is 5.06. The highest BCUT2D eigenvalue weighted by atomic mass is 35.5. The molecule has 1 aliphatic heterocycles. The van der Waals surface area contributed by atoms with Crippen molar-refractivity contribution in [3.8, 4) is 5.75 Å². The molecule has 6 heteroatoms. The number of piperazine rings is 1. The molecule has 1 aromatic rings. The van der Waals surface area contributed by atoms with Gasteiger partial charge in [-0.2, -0.15) is 0 Å². The van der Waals surface area contributed by atoms with Gasteiger partial charge in [-0.25, -0.2) is 4.79 Å². The fraction of sp³-hybridized carbons (Fsp3) is 0.500. The maximum absolute atomic E-state index is 12.2. The number of hydrogen-bond acceptors (Lipinski definition) is 3. The van der Waals surface area contributed by atoms with Crippen LogP contribution in [0.5, 0.6) is 5.75 Å². The molecule has 0 bridgehead atoms. The third kappa shape index (κ3) is 3.55. The first-order valence-electron chi connectivity index (χ1n) is 6.76. The summed E-state index contributed by atoms with van der Waals surface area (Å²) >= 11 is 5.95. The smallest absolute Gasteiger partial charge is 0.322 e. The lowest BCUT2D eigenvalue weighted by Crippen LogP contribution is -2.49. The van der Waals surface area contributed by atoms with Gasteiger partial charge in [-0.05, 0) is 24.7 Å². The zero-order valence-electron chi connectivity index (χ0n) is 11.9. The van der Waals surface area contributed by atoms with Gasteiger partial charge in [0.05, 0.1) is 12.8 Å². The van der Waals surface area contributed by atoms with Crippen molar-refractivity contribution in [2.45, 2.75) is 6.92 Å². The van der Waals surface area contributed by atoms with Crippen molar-refractivity contribution in [1.29, 1.82) is 0 Å². The fourth-order valence-corrected chi connectivity index (χ4v) is 2.41. The van der Waals surface area contributed by atoms with Crippen LogP contribution in [0.1, 0.15) is 6.92 Å². The van der Waals surface area contributed by atoms with Gasteiger partial charge in [-0.3, -0.25) is 0 Å². The van der Waals surface area contributed by atoms with E-state index in [4.69, 9.17) is 16.3 Å². The topological polar surface area (TPSA) is 44.8 Å². The molecule has 110 valence electrons. The Morgan fingerprint density at radius 3 is 2.65 bits per heavy atom. The Bertz CT molecular complexity index is 473. The third-order valence-corrected chi connectivity index (χ3v) is 3.74. The van der Waals surface area contributed by atoms with Gasteiger partial charge >= 0.3 is 6.03 Å². The molecule has 0 unspecified atom stereocenters. The van der Waals surface area contributed by atoms with Crippen LogP contribution in [0.15, 0.2) is 18.2 Å². The van der Waals surface area contributed by atoms with Crippen molar-refractivity contribution in [3.05, 3.63) is 23.2 Å². The lowest BCUT2D eigenvalue weighted by Gasteiger charge is -2.34. The Kier molecular flexibility index (Phi) is 5.09. The van der Waals surface area contributed by atoms with Gasteiger partial charge in [0, 0.05) is 31.2 Å². The number of hydrogen-bond donors (Lipinski definition) is 1. The molecule has 5 nitrogen and oxygen atoms in total. The van der Waals surface area contributed by atoms with Crippen molar-refractivity contribution in [2.75, 3.05) is 45.2 Å². The minimum absolute atomic E-state index is 0.110. The number of nitrogens with one attached hydrogen (secondary N) is 1. The number of carbonyl (C=O) groups excluding carboxylic acids is 1. The number of methoxy groups -OCH3 is 1. The summed E-state index contributed by atoms with van der Waals surface area (Å²) in [7, 11) is 1.57. The summed E-state index contributed by atoms with van der Waals surface area (Å²) in [5.41, 5.74) is 0.600. The first-order valence-corrected chi connectivity index (χ1v) is 7.13. The number of halogens is 1. The van der Waals surface area contributed by atoms with E-state index < -0.39 is 0 Å². The Morgan fingerprint density at radius 1 is 1.35 bits per heavy atom. The minimum Gasteiger partial charge on any atom is -0.495 e. The van der Waals surface area contributed by atoms with E-state index in [0.717, 1.165) is 32.7 Å². The zero-order valence-corrected chi connectivity index (χ0v) is 12.6. The number of ether oxygens (including phenoxy) is 1. The molecule has 0 radical (unpaired) electrons. The number of benzene rings is 1. The molecule has 1 heterocycles. The molecule has 0 atom stereocenters. The van der Waals surface area contributed by atoms with E-state index in [9.17, 15) is 4.79 Å². The summed E-state index contributed by atoms with van der Waals surface area (Å²) in [6.45, 7) is 6.46. The average Bonchev–Trinajstić information content (AvgIpc) is 2.47. The summed E-state index contributed by atoms with van der Waals surface area (Å²) in [5, 5.41) is 3.43. The van der Waals surface area contributed by atoms with Gasteiger partial charge in [-0.1, -0.05) is 18.5 Å². The monoisotopic (exact) mass is 297 g/mol. The molecule has 20 heavy (non-hydrogen) atoms. The van der Waals surface area contributed by atoms with E-state index in [1.165, 1.54) is 0 Å². The van der Waals surface area contributed by atoms with E-state index in [-0.39, 0.29) is 6.03 Å². The quantitative estimate of drug-likeness (QED) is 0.932. The first-order chi connectivity index (χ1) is 9.63. The number of nitrogens with zero attached hydrogens (tertiary/aromatic N) is 2. The summed E-state index contributed by atoms with van der Waals surface area (Å²) in [4.78, 5) is 16.4. The maximum Gasteiger partial charge on any atom is 0.322 e. The second-order valence-corrected chi connectivity index (χ2v) is 5.13. The van der Waals surface area contributed by atoms with Crippen LogP contribution in [0.2, 0.25) is 5.02 Å². The molecular formula is C14H20ClN3O2. The van der Waals surface area contributed by atoms with Gasteiger partial charge in [0.2, 0.25) is 0 Å². The van der Waals surface area contributed by atoms with Gasteiger partial charge in [-0.15, -0.1) is 0 Å². The summed E-state index contributed by atoms with van der Waals surface area (Å²) in [5.74, 6) is 0.606. The van der Waals surface area contributed by atoms with E-state index in [2.05, 4.69) is 17.1 Å². The van der Waals surface area contributed by atoms with Gasteiger partial charge in [0.15, 0.2) is 0 Å². The van der Waals surface area contributed by atoms with E-state index in [1.807, 2.05) is 4.90 Å². The van der Waals surface area contributed by atoms with E-state index in [1.54, 1.807) is 25.3 Å². The molecule has 1 aromatic carbocycles. The van der Waals surface area contributed by atoms with Crippen LogP contribution < -0.4 is 10.1 Å².